The second-order valence-corrected chi connectivity index (χ2v) is 5.53. The maximum absolute atomic E-state index is 11.9. The lowest BCUT2D eigenvalue weighted by Crippen LogP contribution is -2.12. The number of aromatic nitrogens is 3. The summed E-state index contributed by atoms with van der Waals surface area (Å²) < 4.78 is 1.94. The minimum atomic E-state index is -0.586. The fourth-order valence-corrected chi connectivity index (χ4v) is 2.88. The number of aryl methyl sites for hydroxylation is 2. The van der Waals surface area contributed by atoms with Crippen molar-refractivity contribution in [2.45, 2.75) is 20.3 Å². The molecule has 1 aromatic carbocycles. The van der Waals surface area contributed by atoms with Gasteiger partial charge in [-0.15, -0.1) is 0 Å². The first-order valence-electron chi connectivity index (χ1n) is 7.43. The number of hydrogen-bond donors (Lipinski definition) is 1. The molecular weight excluding hydrogens is 292 g/mol. The van der Waals surface area contributed by atoms with Gasteiger partial charge in [0.2, 0.25) is 0 Å². The predicted octanol–water partition coefficient (Wildman–Crippen LogP) is 2.43. The molecule has 0 radical (unpaired) electrons. The summed E-state index contributed by atoms with van der Waals surface area (Å²) >= 11 is 0. The number of benzene rings is 1. The summed E-state index contributed by atoms with van der Waals surface area (Å²) in [5, 5.41) is 2.57. The Hall–Kier alpha value is -3.02. The van der Waals surface area contributed by atoms with E-state index in [0.29, 0.717) is 11.3 Å². The second kappa shape index (κ2) is 4.74. The van der Waals surface area contributed by atoms with E-state index in [4.69, 9.17) is 0 Å². The summed E-state index contributed by atoms with van der Waals surface area (Å²) in [4.78, 5) is 32.6. The van der Waals surface area contributed by atoms with Crippen molar-refractivity contribution in [3.63, 3.8) is 0 Å². The topological polar surface area (TPSA) is 76.9 Å². The molecule has 0 saturated carbocycles. The van der Waals surface area contributed by atoms with Crippen LogP contribution in [0.15, 0.2) is 30.3 Å². The molecule has 1 amide bonds. The molecule has 0 aliphatic carbocycles. The van der Waals surface area contributed by atoms with Crippen molar-refractivity contribution < 1.29 is 9.59 Å². The van der Waals surface area contributed by atoms with Gasteiger partial charge in [-0.3, -0.25) is 14.2 Å². The molecule has 1 aliphatic rings. The first-order valence-corrected chi connectivity index (χ1v) is 7.43. The number of pyridine rings is 1. The third-order valence-corrected chi connectivity index (χ3v) is 3.99. The van der Waals surface area contributed by atoms with Gasteiger partial charge in [-0.1, -0.05) is 6.92 Å². The van der Waals surface area contributed by atoms with E-state index in [1.807, 2.05) is 36.6 Å². The number of hydrogen-bond acceptors (Lipinski definition) is 4. The van der Waals surface area contributed by atoms with Gasteiger partial charge in [0.1, 0.15) is 11.3 Å². The Labute approximate surface area is 132 Å². The van der Waals surface area contributed by atoms with Crippen LogP contribution in [0.2, 0.25) is 0 Å². The molecule has 6 nitrogen and oxygen atoms in total. The lowest BCUT2D eigenvalue weighted by molar-refractivity contribution is -0.112. The van der Waals surface area contributed by atoms with E-state index < -0.39 is 11.7 Å². The standard InChI is InChI=1S/C17H14N4O2/c1-3-14-19-13-6-4-9(2)18-16(13)21(14)10-5-7-12-11(8-10)15(22)17(23)20-12/h4-8H,3H2,1-2H3,(H,20,22,23). The molecular formula is C17H14N4O2. The molecule has 1 aliphatic heterocycles. The zero-order chi connectivity index (χ0) is 16.1. The van der Waals surface area contributed by atoms with E-state index in [2.05, 4.69) is 15.3 Å². The molecule has 0 bridgehead atoms. The van der Waals surface area contributed by atoms with Crippen LogP contribution in [0.5, 0.6) is 0 Å². The molecule has 0 spiro atoms. The van der Waals surface area contributed by atoms with Gasteiger partial charge in [0.05, 0.1) is 11.3 Å². The summed E-state index contributed by atoms with van der Waals surface area (Å²) in [6, 6.07) is 9.20. The van der Waals surface area contributed by atoms with Crippen molar-refractivity contribution in [3.8, 4) is 5.69 Å². The van der Waals surface area contributed by atoms with Crippen LogP contribution in [0, 0.1) is 6.92 Å². The number of anilines is 1. The molecule has 2 aromatic heterocycles. The van der Waals surface area contributed by atoms with Gasteiger partial charge in [-0.25, -0.2) is 9.97 Å². The first-order chi connectivity index (χ1) is 11.1. The Morgan fingerprint density at radius 3 is 2.74 bits per heavy atom. The summed E-state index contributed by atoms with van der Waals surface area (Å²) in [6.45, 7) is 3.95. The van der Waals surface area contributed by atoms with E-state index >= 15 is 0 Å². The minimum absolute atomic E-state index is 0.393. The van der Waals surface area contributed by atoms with Gasteiger partial charge in [0.25, 0.3) is 11.7 Å². The summed E-state index contributed by atoms with van der Waals surface area (Å²) in [7, 11) is 0. The molecule has 3 heterocycles. The van der Waals surface area contributed by atoms with Crippen LogP contribution in [0.4, 0.5) is 5.69 Å². The summed E-state index contributed by atoms with van der Waals surface area (Å²) in [5.41, 5.74) is 4.20. The highest BCUT2D eigenvalue weighted by molar-refractivity contribution is 6.51. The van der Waals surface area contributed by atoms with E-state index in [-0.39, 0.29) is 0 Å². The average molecular weight is 306 g/mol. The highest BCUT2D eigenvalue weighted by atomic mass is 16.2. The zero-order valence-corrected chi connectivity index (χ0v) is 12.8. The van der Waals surface area contributed by atoms with E-state index in [0.717, 1.165) is 34.8 Å². The molecule has 6 heteroatoms. The highest BCUT2D eigenvalue weighted by Gasteiger charge is 2.28. The maximum Gasteiger partial charge on any atom is 0.296 e. The number of ketones is 1. The molecule has 4 rings (SSSR count). The number of rotatable bonds is 2. The van der Waals surface area contributed by atoms with Crippen LogP contribution in [0.3, 0.4) is 0 Å². The van der Waals surface area contributed by atoms with Crippen LogP contribution in [-0.2, 0) is 11.2 Å². The van der Waals surface area contributed by atoms with Gasteiger partial charge >= 0.3 is 0 Å². The fourth-order valence-electron chi connectivity index (χ4n) is 2.88. The van der Waals surface area contributed by atoms with Crippen LogP contribution in [0.25, 0.3) is 16.9 Å². The number of carbonyl (C=O) groups excluding carboxylic acids is 2. The molecule has 0 fully saturated rings. The van der Waals surface area contributed by atoms with Gasteiger partial charge < -0.3 is 5.32 Å². The molecule has 0 atom stereocenters. The van der Waals surface area contributed by atoms with E-state index in [1.54, 1.807) is 12.1 Å². The normalized spacial score (nSPS) is 13.5. The lowest BCUT2D eigenvalue weighted by atomic mass is 10.1. The Balaban J connectivity index is 1.98. The molecule has 0 unspecified atom stereocenters. The Morgan fingerprint density at radius 1 is 1.13 bits per heavy atom. The Bertz CT molecular complexity index is 988. The minimum Gasteiger partial charge on any atom is -0.318 e. The third-order valence-electron chi connectivity index (χ3n) is 3.99. The fraction of sp³-hybridized carbons (Fsp3) is 0.176. The summed E-state index contributed by atoms with van der Waals surface area (Å²) in [5.74, 6) is -0.228. The molecule has 1 N–H and O–H groups in total. The number of nitrogens with zero attached hydrogens (tertiary/aromatic N) is 3. The number of carbonyl (C=O) groups is 2. The second-order valence-electron chi connectivity index (χ2n) is 5.53. The van der Waals surface area contributed by atoms with Crippen LogP contribution < -0.4 is 5.32 Å². The van der Waals surface area contributed by atoms with E-state index in [1.165, 1.54) is 0 Å². The highest BCUT2D eigenvalue weighted by Crippen LogP contribution is 2.28. The number of nitrogens with one attached hydrogen (secondary N) is 1. The third kappa shape index (κ3) is 1.95. The molecule has 114 valence electrons. The van der Waals surface area contributed by atoms with Crippen LogP contribution >= 0.6 is 0 Å². The zero-order valence-electron chi connectivity index (χ0n) is 12.8. The van der Waals surface area contributed by atoms with E-state index in [9.17, 15) is 9.59 Å². The van der Waals surface area contributed by atoms with Crippen molar-refractivity contribution in [1.82, 2.24) is 14.5 Å². The quantitative estimate of drug-likeness (QED) is 0.738. The largest absolute Gasteiger partial charge is 0.318 e. The van der Waals surface area contributed by atoms with Crippen molar-refractivity contribution in [2.24, 2.45) is 0 Å². The van der Waals surface area contributed by atoms with Gasteiger partial charge in [0.15, 0.2) is 5.65 Å². The number of amides is 1. The van der Waals surface area contributed by atoms with Crippen molar-refractivity contribution in [3.05, 3.63) is 47.4 Å². The number of imidazole rings is 1. The van der Waals surface area contributed by atoms with Crippen molar-refractivity contribution in [1.29, 1.82) is 0 Å². The van der Waals surface area contributed by atoms with Crippen LogP contribution in [-0.4, -0.2) is 26.2 Å². The van der Waals surface area contributed by atoms with Gasteiger partial charge in [0, 0.05) is 17.8 Å². The lowest BCUT2D eigenvalue weighted by Gasteiger charge is -2.09. The molecule has 3 aromatic rings. The number of Topliss-reactive ketones (excluding diaryl/α,β-unsaturated/α-hetero) is 1. The Morgan fingerprint density at radius 2 is 1.96 bits per heavy atom. The predicted molar refractivity (Wildman–Crippen MR) is 85.9 cm³/mol. The van der Waals surface area contributed by atoms with Crippen molar-refractivity contribution >= 4 is 28.5 Å². The average Bonchev–Trinajstić information content (AvgIpc) is 3.05. The monoisotopic (exact) mass is 306 g/mol. The van der Waals surface area contributed by atoms with Gasteiger partial charge in [-0.2, -0.15) is 0 Å². The Kier molecular flexibility index (Phi) is 2.81. The SMILES string of the molecule is CCc1nc2ccc(C)nc2n1-c1ccc2c(c1)C(=O)C(=O)N2. The smallest absolute Gasteiger partial charge is 0.296 e. The van der Waals surface area contributed by atoms with Crippen molar-refractivity contribution in [2.75, 3.05) is 5.32 Å². The maximum atomic E-state index is 11.9. The molecule has 23 heavy (non-hydrogen) atoms. The number of fused-ring (bicyclic) bond motifs is 2. The van der Waals surface area contributed by atoms with Gasteiger partial charge in [-0.05, 0) is 37.3 Å². The molecule has 0 saturated heterocycles. The van der Waals surface area contributed by atoms with Crippen LogP contribution in [0.1, 0.15) is 28.8 Å². The first kappa shape index (κ1) is 13.6. The summed E-state index contributed by atoms with van der Waals surface area (Å²) in [6.07, 6.45) is 0.734.